The smallest absolute Gasteiger partial charge is 0.252 e. The predicted octanol–water partition coefficient (Wildman–Crippen LogP) is 2.25. The van der Waals surface area contributed by atoms with Gasteiger partial charge in [0, 0.05) is 18.5 Å². The summed E-state index contributed by atoms with van der Waals surface area (Å²) >= 11 is 0. The van der Waals surface area contributed by atoms with Crippen molar-refractivity contribution >= 4 is 5.82 Å². The van der Waals surface area contributed by atoms with Crippen molar-refractivity contribution in [1.82, 2.24) is 9.97 Å². The molecule has 0 spiro atoms. The second-order valence-corrected chi connectivity index (χ2v) is 6.43. The zero-order chi connectivity index (χ0) is 14.8. The van der Waals surface area contributed by atoms with Crippen LogP contribution in [0.5, 0.6) is 0 Å². The molecule has 1 aliphatic rings. The molecule has 112 valence electrons. The molecule has 0 saturated heterocycles. The molecule has 5 nitrogen and oxygen atoms in total. The molecular weight excluding hydrogens is 254 g/mol. The lowest BCUT2D eigenvalue weighted by Crippen LogP contribution is -2.40. The molecule has 1 saturated carbocycles. The summed E-state index contributed by atoms with van der Waals surface area (Å²) in [6.45, 7) is 6.64. The van der Waals surface area contributed by atoms with E-state index in [0.29, 0.717) is 24.1 Å². The molecule has 20 heavy (non-hydrogen) atoms. The van der Waals surface area contributed by atoms with Crippen molar-refractivity contribution in [2.75, 3.05) is 11.9 Å². The van der Waals surface area contributed by atoms with Crippen LogP contribution in [0.15, 0.2) is 10.9 Å². The van der Waals surface area contributed by atoms with Crippen molar-refractivity contribution in [1.29, 1.82) is 0 Å². The van der Waals surface area contributed by atoms with Gasteiger partial charge in [0.15, 0.2) is 0 Å². The summed E-state index contributed by atoms with van der Waals surface area (Å²) < 4.78 is 0. The normalized spacial score (nSPS) is 26.8. The molecule has 0 amide bonds. The van der Waals surface area contributed by atoms with Crippen LogP contribution < -0.4 is 10.9 Å². The molecule has 0 radical (unpaired) electrons. The van der Waals surface area contributed by atoms with Crippen LogP contribution in [0.4, 0.5) is 5.82 Å². The van der Waals surface area contributed by atoms with Crippen molar-refractivity contribution < 1.29 is 5.11 Å². The van der Waals surface area contributed by atoms with Gasteiger partial charge in [-0.25, -0.2) is 4.98 Å². The first kappa shape index (κ1) is 15.0. The first-order chi connectivity index (χ1) is 9.38. The van der Waals surface area contributed by atoms with Gasteiger partial charge in [0.25, 0.3) is 5.56 Å². The van der Waals surface area contributed by atoms with Crippen molar-refractivity contribution in [2.45, 2.75) is 58.0 Å². The molecule has 0 aliphatic heterocycles. The summed E-state index contributed by atoms with van der Waals surface area (Å²) in [5, 5.41) is 13.6. The summed E-state index contributed by atoms with van der Waals surface area (Å²) in [4.78, 5) is 18.7. The lowest BCUT2D eigenvalue weighted by Gasteiger charge is -2.35. The summed E-state index contributed by atoms with van der Waals surface area (Å²) in [7, 11) is 0. The third-order valence-corrected chi connectivity index (χ3v) is 4.11. The number of hydrogen-bond acceptors (Lipinski definition) is 4. The molecule has 1 aromatic heterocycles. The second-order valence-electron chi connectivity index (χ2n) is 6.43. The molecular formula is C15H25N3O2. The van der Waals surface area contributed by atoms with Crippen molar-refractivity contribution in [3.8, 4) is 0 Å². The van der Waals surface area contributed by atoms with Crippen molar-refractivity contribution in [2.24, 2.45) is 5.92 Å². The van der Waals surface area contributed by atoms with Gasteiger partial charge in [-0.05, 0) is 31.6 Å². The van der Waals surface area contributed by atoms with Crippen LogP contribution in [0.25, 0.3) is 0 Å². The zero-order valence-electron chi connectivity index (χ0n) is 12.6. The van der Waals surface area contributed by atoms with E-state index in [0.717, 1.165) is 25.7 Å². The Balaban J connectivity index is 2.02. The average molecular weight is 279 g/mol. The fraction of sp³-hybridized carbons (Fsp3) is 0.733. The van der Waals surface area contributed by atoms with Crippen LogP contribution in [0.3, 0.4) is 0 Å². The van der Waals surface area contributed by atoms with Crippen LogP contribution in [0, 0.1) is 5.92 Å². The standard InChI is InChI=1S/C15H25N3O2/c1-10(2)14-17-12(8-13(19)18-14)16-9-15(20)6-4-11(3)5-7-15/h8,10-11,20H,4-7,9H2,1-3H3,(H2,16,17,18,19). The quantitative estimate of drug-likeness (QED) is 0.790. The molecule has 1 heterocycles. The van der Waals surface area contributed by atoms with E-state index >= 15 is 0 Å². The first-order valence-corrected chi connectivity index (χ1v) is 7.45. The molecule has 1 aliphatic carbocycles. The van der Waals surface area contributed by atoms with Gasteiger partial charge in [0.2, 0.25) is 0 Å². The maximum atomic E-state index is 11.6. The minimum absolute atomic E-state index is 0.157. The number of rotatable bonds is 4. The molecule has 5 heteroatoms. The highest BCUT2D eigenvalue weighted by Gasteiger charge is 2.31. The third kappa shape index (κ3) is 3.82. The highest BCUT2D eigenvalue weighted by Crippen LogP contribution is 2.31. The Labute approximate surface area is 119 Å². The van der Waals surface area contributed by atoms with E-state index < -0.39 is 5.60 Å². The van der Waals surface area contributed by atoms with E-state index in [4.69, 9.17) is 0 Å². The number of nitrogens with zero attached hydrogens (tertiary/aromatic N) is 1. The van der Waals surface area contributed by atoms with Gasteiger partial charge >= 0.3 is 0 Å². The number of nitrogens with one attached hydrogen (secondary N) is 2. The first-order valence-electron chi connectivity index (χ1n) is 7.45. The second kappa shape index (κ2) is 5.95. The van der Waals surface area contributed by atoms with Crippen LogP contribution in [-0.2, 0) is 0 Å². The SMILES string of the molecule is CC1CCC(O)(CNc2cc(=O)[nH]c(C(C)C)n2)CC1. The lowest BCUT2D eigenvalue weighted by atomic mass is 9.79. The largest absolute Gasteiger partial charge is 0.388 e. The van der Waals surface area contributed by atoms with Crippen LogP contribution >= 0.6 is 0 Å². The Kier molecular flexibility index (Phi) is 4.48. The highest BCUT2D eigenvalue weighted by molar-refractivity contribution is 5.34. The van der Waals surface area contributed by atoms with E-state index in [1.165, 1.54) is 6.07 Å². The lowest BCUT2D eigenvalue weighted by molar-refractivity contribution is 0.00494. The maximum Gasteiger partial charge on any atom is 0.252 e. The minimum atomic E-state index is -0.672. The summed E-state index contributed by atoms with van der Waals surface area (Å²) in [6, 6.07) is 1.45. The molecule has 1 fully saturated rings. The molecule has 1 aromatic rings. The van der Waals surface area contributed by atoms with E-state index in [9.17, 15) is 9.90 Å². The number of aromatic amines is 1. The fourth-order valence-corrected chi connectivity index (χ4v) is 2.57. The zero-order valence-corrected chi connectivity index (χ0v) is 12.6. The Morgan fingerprint density at radius 3 is 2.75 bits per heavy atom. The minimum Gasteiger partial charge on any atom is -0.388 e. The number of anilines is 1. The van der Waals surface area contributed by atoms with Crippen molar-refractivity contribution in [3.05, 3.63) is 22.2 Å². The Morgan fingerprint density at radius 2 is 2.15 bits per heavy atom. The predicted molar refractivity (Wildman–Crippen MR) is 80.0 cm³/mol. The molecule has 0 bridgehead atoms. The summed E-state index contributed by atoms with van der Waals surface area (Å²) in [5.41, 5.74) is -0.829. The van der Waals surface area contributed by atoms with Gasteiger partial charge in [-0.1, -0.05) is 20.8 Å². The van der Waals surface area contributed by atoms with E-state index in [1.807, 2.05) is 13.8 Å². The van der Waals surface area contributed by atoms with Crippen molar-refractivity contribution in [3.63, 3.8) is 0 Å². The topological polar surface area (TPSA) is 78.0 Å². The summed E-state index contributed by atoms with van der Waals surface area (Å²) in [5.74, 6) is 2.08. The van der Waals surface area contributed by atoms with Crippen LogP contribution in [0.2, 0.25) is 0 Å². The third-order valence-electron chi connectivity index (χ3n) is 4.11. The van der Waals surface area contributed by atoms with Gasteiger partial charge in [0.05, 0.1) is 5.60 Å². The van der Waals surface area contributed by atoms with Crippen LogP contribution in [-0.4, -0.2) is 27.2 Å². The van der Waals surface area contributed by atoms with E-state index in [1.54, 1.807) is 0 Å². The fourth-order valence-electron chi connectivity index (χ4n) is 2.57. The van der Waals surface area contributed by atoms with Gasteiger partial charge in [-0.3, -0.25) is 4.79 Å². The van der Waals surface area contributed by atoms with Gasteiger partial charge in [0.1, 0.15) is 11.6 Å². The molecule has 0 unspecified atom stereocenters. The molecule has 0 aromatic carbocycles. The van der Waals surface area contributed by atoms with E-state index in [2.05, 4.69) is 22.2 Å². The Morgan fingerprint density at radius 1 is 1.50 bits per heavy atom. The monoisotopic (exact) mass is 279 g/mol. The average Bonchev–Trinajstić information content (AvgIpc) is 2.40. The molecule has 0 atom stereocenters. The van der Waals surface area contributed by atoms with Gasteiger partial charge < -0.3 is 15.4 Å². The Bertz CT molecular complexity index is 502. The number of aromatic nitrogens is 2. The summed E-state index contributed by atoms with van der Waals surface area (Å²) in [6.07, 6.45) is 3.72. The molecule has 2 rings (SSSR count). The molecule has 3 N–H and O–H groups in total. The number of hydrogen-bond donors (Lipinski definition) is 3. The van der Waals surface area contributed by atoms with Crippen LogP contribution in [0.1, 0.15) is 58.2 Å². The number of H-pyrrole nitrogens is 1. The van der Waals surface area contributed by atoms with Gasteiger partial charge in [-0.2, -0.15) is 0 Å². The number of aliphatic hydroxyl groups is 1. The van der Waals surface area contributed by atoms with E-state index in [-0.39, 0.29) is 11.5 Å². The van der Waals surface area contributed by atoms with Gasteiger partial charge in [-0.15, -0.1) is 0 Å². The maximum absolute atomic E-state index is 11.6. The Hall–Kier alpha value is -1.36. The highest BCUT2D eigenvalue weighted by atomic mass is 16.3.